The fourth-order valence-electron chi connectivity index (χ4n) is 2.07. The Morgan fingerprint density at radius 1 is 1.40 bits per heavy atom. The van der Waals surface area contributed by atoms with E-state index in [0.29, 0.717) is 5.92 Å². The Morgan fingerprint density at radius 2 is 2.15 bits per heavy atom. The summed E-state index contributed by atoms with van der Waals surface area (Å²) < 4.78 is 5.37. The van der Waals surface area contributed by atoms with Crippen LogP contribution in [-0.2, 0) is 6.42 Å². The zero-order valence-corrected chi connectivity index (χ0v) is 13.8. The summed E-state index contributed by atoms with van der Waals surface area (Å²) in [4.78, 5) is 0. The maximum Gasteiger partial charge on any atom is 0.122 e. The van der Waals surface area contributed by atoms with Crippen molar-refractivity contribution >= 4 is 11.6 Å². The molecule has 0 aliphatic heterocycles. The maximum atomic E-state index is 6.05. The number of methoxy groups -OCH3 is 1. The highest BCUT2D eigenvalue weighted by atomic mass is 35.5. The van der Waals surface area contributed by atoms with Gasteiger partial charge in [-0.3, -0.25) is 0 Å². The topological polar surface area (TPSA) is 21.3 Å². The fourth-order valence-corrected chi connectivity index (χ4v) is 2.26. The quantitative estimate of drug-likeness (QED) is 0.564. The summed E-state index contributed by atoms with van der Waals surface area (Å²) in [7, 11) is 1.70. The molecule has 112 valence electrons. The number of hydrogen-bond acceptors (Lipinski definition) is 2. The van der Waals surface area contributed by atoms with Gasteiger partial charge < -0.3 is 10.1 Å². The summed E-state index contributed by atoms with van der Waals surface area (Å²) in [6.07, 6.45) is 4.23. The maximum absolute atomic E-state index is 6.05. The van der Waals surface area contributed by atoms with Crippen LogP contribution in [0, 0.1) is 5.92 Å². The summed E-state index contributed by atoms with van der Waals surface area (Å²) in [5.41, 5.74) is 2.49. The summed E-state index contributed by atoms with van der Waals surface area (Å²) >= 11 is 6.05. The molecular weight excluding hydrogens is 270 g/mol. The van der Waals surface area contributed by atoms with Gasteiger partial charge in [0.1, 0.15) is 5.75 Å². The molecule has 0 amide bonds. The van der Waals surface area contributed by atoms with E-state index in [2.05, 4.69) is 32.2 Å². The van der Waals surface area contributed by atoms with Crippen molar-refractivity contribution < 1.29 is 4.74 Å². The standard InChI is InChI=1S/C17H26ClNO/c1-13(2)12-19-9-5-6-14(3)10-15-11-16(18)7-8-17(15)20-4/h6-8,11,13,19H,5,9-10,12H2,1-4H3. The van der Waals surface area contributed by atoms with E-state index >= 15 is 0 Å². The lowest BCUT2D eigenvalue weighted by Crippen LogP contribution is -2.20. The van der Waals surface area contributed by atoms with Crippen LogP contribution in [0.1, 0.15) is 32.8 Å². The first-order valence-corrected chi connectivity index (χ1v) is 7.59. The normalized spacial score (nSPS) is 12.0. The van der Waals surface area contributed by atoms with Crippen LogP contribution in [0.2, 0.25) is 5.02 Å². The highest BCUT2D eigenvalue weighted by Crippen LogP contribution is 2.25. The molecule has 1 N–H and O–H groups in total. The van der Waals surface area contributed by atoms with Gasteiger partial charge in [-0.2, -0.15) is 0 Å². The van der Waals surface area contributed by atoms with Crippen molar-refractivity contribution in [2.75, 3.05) is 20.2 Å². The number of hydrogen-bond donors (Lipinski definition) is 1. The van der Waals surface area contributed by atoms with E-state index in [0.717, 1.165) is 42.3 Å². The second-order valence-electron chi connectivity index (χ2n) is 5.57. The van der Waals surface area contributed by atoms with Gasteiger partial charge in [-0.1, -0.05) is 37.1 Å². The predicted molar refractivity (Wildman–Crippen MR) is 87.8 cm³/mol. The molecule has 0 aromatic heterocycles. The molecule has 20 heavy (non-hydrogen) atoms. The van der Waals surface area contributed by atoms with Gasteiger partial charge in [0.25, 0.3) is 0 Å². The highest BCUT2D eigenvalue weighted by molar-refractivity contribution is 6.30. The molecule has 0 aliphatic rings. The van der Waals surface area contributed by atoms with E-state index < -0.39 is 0 Å². The molecule has 0 fully saturated rings. The van der Waals surface area contributed by atoms with Crippen LogP contribution in [0.15, 0.2) is 29.8 Å². The first-order chi connectivity index (χ1) is 9.52. The lowest BCUT2D eigenvalue weighted by Gasteiger charge is -2.10. The number of halogens is 1. The third-order valence-electron chi connectivity index (χ3n) is 3.08. The van der Waals surface area contributed by atoms with Crippen molar-refractivity contribution in [2.24, 2.45) is 5.92 Å². The van der Waals surface area contributed by atoms with Gasteiger partial charge in [0.15, 0.2) is 0 Å². The van der Waals surface area contributed by atoms with Crippen LogP contribution in [0.4, 0.5) is 0 Å². The van der Waals surface area contributed by atoms with Crippen molar-refractivity contribution in [3.05, 3.63) is 40.4 Å². The molecule has 0 unspecified atom stereocenters. The first kappa shape index (κ1) is 17.1. The molecule has 0 spiro atoms. The zero-order valence-electron chi connectivity index (χ0n) is 13.0. The van der Waals surface area contributed by atoms with Crippen LogP contribution < -0.4 is 10.1 Å². The lowest BCUT2D eigenvalue weighted by molar-refractivity contribution is 0.410. The van der Waals surface area contributed by atoms with Crippen molar-refractivity contribution in [3.8, 4) is 5.75 Å². The minimum Gasteiger partial charge on any atom is -0.496 e. The Balaban J connectivity index is 2.48. The molecule has 0 atom stereocenters. The monoisotopic (exact) mass is 295 g/mol. The van der Waals surface area contributed by atoms with Crippen molar-refractivity contribution in [3.63, 3.8) is 0 Å². The molecule has 0 saturated heterocycles. The summed E-state index contributed by atoms with van der Waals surface area (Å²) in [5.74, 6) is 1.61. The lowest BCUT2D eigenvalue weighted by atomic mass is 10.0. The van der Waals surface area contributed by atoms with Crippen LogP contribution in [0.5, 0.6) is 5.75 Å². The molecule has 0 bridgehead atoms. The van der Waals surface area contributed by atoms with E-state index in [1.807, 2.05) is 18.2 Å². The zero-order chi connectivity index (χ0) is 15.0. The Bertz CT molecular complexity index is 441. The highest BCUT2D eigenvalue weighted by Gasteiger charge is 2.04. The summed E-state index contributed by atoms with van der Waals surface area (Å²) in [5, 5.41) is 4.20. The molecule has 3 heteroatoms. The van der Waals surface area contributed by atoms with E-state index in [1.54, 1.807) is 7.11 Å². The average molecular weight is 296 g/mol. The molecule has 1 aromatic rings. The Morgan fingerprint density at radius 3 is 2.80 bits per heavy atom. The second-order valence-corrected chi connectivity index (χ2v) is 6.01. The summed E-state index contributed by atoms with van der Waals surface area (Å²) in [6.45, 7) is 8.71. The Hall–Kier alpha value is -0.990. The van der Waals surface area contributed by atoms with Gasteiger partial charge >= 0.3 is 0 Å². The van der Waals surface area contributed by atoms with E-state index in [-0.39, 0.29) is 0 Å². The van der Waals surface area contributed by atoms with Crippen LogP contribution >= 0.6 is 11.6 Å². The first-order valence-electron chi connectivity index (χ1n) is 7.21. The molecule has 2 nitrogen and oxygen atoms in total. The minimum atomic E-state index is 0.704. The van der Waals surface area contributed by atoms with E-state index in [9.17, 15) is 0 Å². The smallest absolute Gasteiger partial charge is 0.122 e. The predicted octanol–water partition coefficient (Wildman–Crippen LogP) is 4.47. The van der Waals surface area contributed by atoms with Gasteiger partial charge in [0, 0.05) is 5.02 Å². The molecular formula is C17H26ClNO. The van der Waals surface area contributed by atoms with Crippen LogP contribution in [0.3, 0.4) is 0 Å². The Labute approximate surface area is 128 Å². The number of ether oxygens (including phenoxy) is 1. The van der Waals surface area contributed by atoms with Gasteiger partial charge in [0.2, 0.25) is 0 Å². The third kappa shape index (κ3) is 6.44. The number of rotatable bonds is 8. The van der Waals surface area contributed by atoms with Crippen LogP contribution in [0.25, 0.3) is 0 Å². The van der Waals surface area contributed by atoms with Gasteiger partial charge in [-0.25, -0.2) is 0 Å². The third-order valence-corrected chi connectivity index (χ3v) is 3.31. The van der Waals surface area contributed by atoms with E-state index in [1.165, 1.54) is 5.57 Å². The van der Waals surface area contributed by atoms with Crippen LogP contribution in [-0.4, -0.2) is 20.2 Å². The fraction of sp³-hybridized carbons (Fsp3) is 0.529. The minimum absolute atomic E-state index is 0.704. The average Bonchev–Trinajstić information content (AvgIpc) is 2.38. The SMILES string of the molecule is COc1ccc(Cl)cc1CC(C)=CCCNCC(C)C. The number of nitrogens with one attached hydrogen (secondary N) is 1. The van der Waals surface area contributed by atoms with Gasteiger partial charge in [0.05, 0.1) is 7.11 Å². The molecule has 0 radical (unpaired) electrons. The van der Waals surface area contributed by atoms with Crippen molar-refractivity contribution in [1.29, 1.82) is 0 Å². The largest absolute Gasteiger partial charge is 0.496 e. The van der Waals surface area contributed by atoms with Gasteiger partial charge in [-0.05, 0) is 62.5 Å². The van der Waals surface area contributed by atoms with Crippen molar-refractivity contribution in [2.45, 2.75) is 33.6 Å². The van der Waals surface area contributed by atoms with E-state index in [4.69, 9.17) is 16.3 Å². The summed E-state index contributed by atoms with van der Waals surface area (Å²) in [6, 6.07) is 5.77. The number of benzene rings is 1. The Kier molecular flexibility index (Phi) is 7.71. The molecule has 0 heterocycles. The number of allylic oxidation sites excluding steroid dienone is 1. The van der Waals surface area contributed by atoms with Crippen molar-refractivity contribution in [1.82, 2.24) is 5.32 Å². The van der Waals surface area contributed by atoms with Gasteiger partial charge in [-0.15, -0.1) is 0 Å². The molecule has 1 aromatic carbocycles. The molecule has 1 rings (SSSR count). The second kappa shape index (κ2) is 9.04. The molecule has 0 aliphatic carbocycles. The molecule has 0 saturated carbocycles.